The van der Waals surface area contributed by atoms with E-state index in [1.165, 1.54) is 23.9 Å². The molecular weight excluding hydrogens is 399 g/mol. The van der Waals surface area contributed by atoms with Gasteiger partial charge in [0, 0.05) is 17.7 Å². The molecule has 2 heterocycles. The van der Waals surface area contributed by atoms with Crippen LogP contribution in [0.15, 0.2) is 48.5 Å². The first kappa shape index (κ1) is 18.9. The van der Waals surface area contributed by atoms with E-state index in [4.69, 9.17) is 16.3 Å². The summed E-state index contributed by atoms with van der Waals surface area (Å²) < 4.78 is 19.8. The molecule has 0 saturated heterocycles. The molecule has 0 spiro atoms. The molecule has 0 radical (unpaired) electrons. The lowest BCUT2D eigenvalue weighted by Gasteiger charge is -2.24. The van der Waals surface area contributed by atoms with Gasteiger partial charge in [-0.05, 0) is 36.4 Å². The van der Waals surface area contributed by atoms with Gasteiger partial charge in [0.1, 0.15) is 23.4 Å². The van der Waals surface area contributed by atoms with E-state index in [0.717, 1.165) is 0 Å². The maximum absolute atomic E-state index is 13.2. The van der Waals surface area contributed by atoms with E-state index < -0.39 is 11.9 Å². The fourth-order valence-corrected chi connectivity index (χ4v) is 3.25. The van der Waals surface area contributed by atoms with Crippen LogP contribution in [0.3, 0.4) is 0 Å². The summed E-state index contributed by atoms with van der Waals surface area (Å²) in [6, 6.07) is 11.5. The normalized spacial score (nSPS) is 15.4. The van der Waals surface area contributed by atoms with Gasteiger partial charge in [-0.2, -0.15) is 5.10 Å². The molecule has 148 valence electrons. The van der Waals surface area contributed by atoms with Crippen molar-refractivity contribution in [2.24, 2.45) is 0 Å². The van der Waals surface area contributed by atoms with E-state index in [-0.39, 0.29) is 18.1 Å². The summed E-state index contributed by atoms with van der Waals surface area (Å²) in [5.41, 5.74) is 1.55. The van der Waals surface area contributed by atoms with Gasteiger partial charge in [-0.15, -0.1) is 0 Å². The molecule has 0 aliphatic carbocycles. The average molecular weight is 415 g/mol. The Kier molecular flexibility index (Phi) is 4.94. The number of aromatic nitrogens is 2. The molecular formula is C20H16ClFN4O3. The van der Waals surface area contributed by atoms with Gasteiger partial charge in [0.15, 0.2) is 0 Å². The fraction of sp³-hybridized carbons (Fsp3) is 0.150. The number of rotatable bonds is 4. The molecule has 0 bridgehead atoms. The van der Waals surface area contributed by atoms with E-state index in [9.17, 15) is 14.0 Å². The molecule has 2 amide bonds. The molecule has 0 saturated carbocycles. The molecule has 0 unspecified atom stereocenters. The summed E-state index contributed by atoms with van der Waals surface area (Å²) in [6.45, 7) is 0. The zero-order valence-electron chi connectivity index (χ0n) is 15.3. The zero-order chi connectivity index (χ0) is 20.5. The number of carbonyl (C=O) groups excluding carboxylic acids is 2. The highest BCUT2D eigenvalue weighted by Gasteiger charge is 2.32. The van der Waals surface area contributed by atoms with Crippen LogP contribution in [0, 0.1) is 5.82 Å². The number of amides is 2. The van der Waals surface area contributed by atoms with Gasteiger partial charge in [0.2, 0.25) is 11.8 Å². The van der Waals surface area contributed by atoms with Gasteiger partial charge in [-0.1, -0.05) is 11.6 Å². The van der Waals surface area contributed by atoms with Gasteiger partial charge in [-0.3, -0.25) is 9.59 Å². The standard InChI is InChI=1S/C20H16ClFN4O3/c1-29-13-6-7-14(21)16(8-13)23-20(28)17-10-19(27)24-18-9-15(25-26(17)18)11-2-4-12(22)5-3-11/h2-9,17H,10H2,1H3,(H,23,28)(H,24,27)/t17-/m0/s1. The van der Waals surface area contributed by atoms with Crippen molar-refractivity contribution < 1.29 is 18.7 Å². The number of nitrogens with zero attached hydrogens (tertiary/aromatic N) is 2. The minimum absolute atomic E-state index is 0.0784. The average Bonchev–Trinajstić information content (AvgIpc) is 3.13. The van der Waals surface area contributed by atoms with Gasteiger partial charge in [0.25, 0.3) is 0 Å². The zero-order valence-corrected chi connectivity index (χ0v) is 16.0. The Balaban J connectivity index is 1.65. The lowest BCUT2D eigenvalue weighted by Crippen LogP contribution is -2.35. The Morgan fingerprint density at radius 1 is 1.28 bits per heavy atom. The number of ether oxygens (including phenoxy) is 1. The first-order valence-corrected chi connectivity index (χ1v) is 9.12. The van der Waals surface area contributed by atoms with Crippen LogP contribution < -0.4 is 15.4 Å². The number of carbonyl (C=O) groups is 2. The highest BCUT2D eigenvalue weighted by Crippen LogP contribution is 2.32. The molecule has 1 aliphatic rings. The highest BCUT2D eigenvalue weighted by atomic mass is 35.5. The quantitative estimate of drug-likeness (QED) is 0.678. The van der Waals surface area contributed by atoms with Crippen LogP contribution in [-0.2, 0) is 9.59 Å². The minimum atomic E-state index is -0.866. The van der Waals surface area contributed by atoms with E-state index in [1.807, 2.05) is 0 Å². The van der Waals surface area contributed by atoms with Gasteiger partial charge in [0.05, 0.1) is 29.9 Å². The van der Waals surface area contributed by atoms with Crippen molar-refractivity contribution in [3.8, 4) is 17.0 Å². The predicted molar refractivity (Wildman–Crippen MR) is 107 cm³/mol. The van der Waals surface area contributed by atoms with Gasteiger partial charge in [-0.25, -0.2) is 9.07 Å². The van der Waals surface area contributed by atoms with E-state index in [2.05, 4.69) is 15.7 Å². The number of methoxy groups -OCH3 is 1. The second kappa shape index (κ2) is 7.56. The predicted octanol–water partition coefficient (Wildman–Crippen LogP) is 3.87. The van der Waals surface area contributed by atoms with Crippen molar-refractivity contribution in [2.75, 3.05) is 17.7 Å². The van der Waals surface area contributed by atoms with Crippen molar-refractivity contribution >= 4 is 34.9 Å². The molecule has 2 aromatic carbocycles. The maximum atomic E-state index is 13.2. The van der Waals surface area contributed by atoms with Crippen LogP contribution in [0.25, 0.3) is 11.3 Å². The lowest BCUT2D eigenvalue weighted by molar-refractivity contribution is -0.125. The summed E-state index contributed by atoms with van der Waals surface area (Å²) in [6.07, 6.45) is -0.0784. The summed E-state index contributed by atoms with van der Waals surface area (Å²) in [7, 11) is 1.51. The number of hydrogen-bond donors (Lipinski definition) is 2. The second-order valence-electron chi connectivity index (χ2n) is 6.47. The largest absolute Gasteiger partial charge is 0.497 e. The molecule has 3 aromatic rings. The van der Waals surface area contributed by atoms with Crippen LogP contribution in [0.2, 0.25) is 5.02 Å². The van der Waals surface area contributed by atoms with Crippen LogP contribution in [-0.4, -0.2) is 28.7 Å². The number of fused-ring (bicyclic) bond motifs is 1. The summed E-state index contributed by atoms with van der Waals surface area (Å²) >= 11 is 6.16. The molecule has 7 nitrogen and oxygen atoms in total. The van der Waals surface area contributed by atoms with Crippen molar-refractivity contribution in [3.63, 3.8) is 0 Å². The smallest absolute Gasteiger partial charge is 0.249 e. The topological polar surface area (TPSA) is 85.2 Å². The first-order valence-electron chi connectivity index (χ1n) is 8.74. The number of benzene rings is 2. The lowest BCUT2D eigenvalue weighted by atomic mass is 10.1. The number of halogens is 2. The van der Waals surface area contributed by atoms with Gasteiger partial charge < -0.3 is 15.4 Å². The summed E-state index contributed by atoms with van der Waals surface area (Å²) in [4.78, 5) is 25.0. The van der Waals surface area contributed by atoms with E-state index in [1.54, 1.807) is 36.4 Å². The molecule has 4 rings (SSSR count). The number of nitrogens with one attached hydrogen (secondary N) is 2. The van der Waals surface area contributed by atoms with Crippen molar-refractivity contribution in [3.05, 3.63) is 59.4 Å². The third-order valence-electron chi connectivity index (χ3n) is 4.55. The summed E-state index contributed by atoms with van der Waals surface area (Å²) in [5, 5.41) is 10.2. The SMILES string of the molecule is COc1ccc(Cl)c(NC(=O)[C@@H]2CC(=O)Nc3cc(-c4ccc(F)cc4)nn32)c1. The molecule has 29 heavy (non-hydrogen) atoms. The summed E-state index contributed by atoms with van der Waals surface area (Å²) in [5.74, 6) is -0.190. The molecule has 1 aliphatic heterocycles. The maximum Gasteiger partial charge on any atom is 0.249 e. The Labute approximate surface area is 170 Å². The molecule has 1 aromatic heterocycles. The van der Waals surface area contributed by atoms with Crippen molar-refractivity contribution in [1.82, 2.24) is 9.78 Å². The number of anilines is 2. The van der Waals surface area contributed by atoms with Crippen LogP contribution >= 0.6 is 11.6 Å². The fourth-order valence-electron chi connectivity index (χ4n) is 3.09. The Bertz CT molecular complexity index is 1100. The minimum Gasteiger partial charge on any atom is -0.497 e. The first-order chi connectivity index (χ1) is 13.9. The van der Waals surface area contributed by atoms with Crippen molar-refractivity contribution in [1.29, 1.82) is 0 Å². The van der Waals surface area contributed by atoms with Gasteiger partial charge >= 0.3 is 0 Å². The van der Waals surface area contributed by atoms with Crippen LogP contribution in [0.4, 0.5) is 15.9 Å². The molecule has 1 atom stereocenters. The Morgan fingerprint density at radius 2 is 2.03 bits per heavy atom. The molecule has 2 N–H and O–H groups in total. The highest BCUT2D eigenvalue weighted by molar-refractivity contribution is 6.33. The number of hydrogen-bond acceptors (Lipinski definition) is 4. The molecule has 0 fully saturated rings. The Hall–Kier alpha value is -3.39. The monoisotopic (exact) mass is 414 g/mol. The van der Waals surface area contributed by atoms with Crippen molar-refractivity contribution in [2.45, 2.75) is 12.5 Å². The third kappa shape index (κ3) is 3.79. The second-order valence-corrected chi connectivity index (χ2v) is 6.88. The van der Waals surface area contributed by atoms with E-state index in [0.29, 0.717) is 33.5 Å². The Morgan fingerprint density at radius 3 is 2.76 bits per heavy atom. The van der Waals surface area contributed by atoms with Crippen LogP contribution in [0.1, 0.15) is 12.5 Å². The third-order valence-corrected chi connectivity index (χ3v) is 4.88. The van der Waals surface area contributed by atoms with E-state index >= 15 is 0 Å². The van der Waals surface area contributed by atoms with Crippen LogP contribution in [0.5, 0.6) is 5.75 Å². The molecule has 9 heteroatoms.